The molecule has 6 aromatic rings. The number of rotatable bonds is 6. The summed E-state index contributed by atoms with van der Waals surface area (Å²) >= 11 is 0. The number of hydrogen-bond acceptors (Lipinski definition) is 5. The maximum absolute atomic E-state index is 4.65. The number of aromatic amines is 2. The van der Waals surface area contributed by atoms with Crippen LogP contribution in [0.2, 0.25) is 0 Å². The molecule has 0 unspecified atom stereocenters. The molecule has 5 aromatic heterocycles. The van der Waals surface area contributed by atoms with Crippen LogP contribution in [-0.2, 0) is 0 Å². The van der Waals surface area contributed by atoms with E-state index < -0.39 is 0 Å². The molecule has 1 aliphatic carbocycles. The monoisotopic (exact) mass is 469 g/mol. The molecule has 7 nitrogen and oxygen atoms in total. The molecule has 0 spiro atoms. The number of allylic oxidation sites excluding steroid dienone is 1. The summed E-state index contributed by atoms with van der Waals surface area (Å²) < 4.78 is 0. The molecule has 174 valence electrons. The molecule has 1 aromatic carbocycles. The lowest BCUT2D eigenvalue weighted by molar-refractivity contribution is 1.02. The van der Waals surface area contributed by atoms with Crippen molar-refractivity contribution in [1.82, 2.24) is 30.1 Å². The largest absolute Gasteiger partial charge is 0.358 e. The lowest BCUT2D eigenvalue weighted by atomic mass is 10.0. The van der Waals surface area contributed by atoms with Crippen LogP contribution in [0.5, 0.6) is 0 Å². The Labute approximate surface area is 207 Å². The first-order chi connectivity index (χ1) is 17.7. The van der Waals surface area contributed by atoms with Gasteiger partial charge in [0.25, 0.3) is 0 Å². The Balaban J connectivity index is 1.28. The van der Waals surface area contributed by atoms with E-state index in [9.17, 15) is 0 Å². The highest BCUT2D eigenvalue weighted by molar-refractivity contribution is 6.00. The predicted octanol–water partition coefficient (Wildman–Crippen LogP) is 6.57. The van der Waals surface area contributed by atoms with Gasteiger partial charge in [0.15, 0.2) is 0 Å². The summed E-state index contributed by atoms with van der Waals surface area (Å²) in [5, 5.41) is 13.3. The molecule has 36 heavy (non-hydrogen) atoms. The predicted molar refractivity (Wildman–Crippen MR) is 143 cm³/mol. The Morgan fingerprint density at radius 1 is 0.861 bits per heavy atom. The van der Waals surface area contributed by atoms with E-state index in [4.69, 9.17) is 0 Å². The second kappa shape index (κ2) is 8.16. The van der Waals surface area contributed by atoms with Gasteiger partial charge in [0.05, 0.1) is 23.1 Å². The van der Waals surface area contributed by atoms with Crippen molar-refractivity contribution in [2.45, 2.75) is 12.8 Å². The number of hydrogen-bond donors (Lipinski definition) is 3. The maximum Gasteiger partial charge on any atom is 0.138 e. The Morgan fingerprint density at radius 2 is 1.75 bits per heavy atom. The van der Waals surface area contributed by atoms with Gasteiger partial charge < -0.3 is 10.3 Å². The third kappa shape index (κ3) is 3.62. The minimum Gasteiger partial charge on any atom is -0.358 e. The zero-order chi connectivity index (χ0) is 24.1. The Hall–Kier alpha value is -4.78. The molecule has 1 fully saturated rings. The minimum atomic E-state index is 0.586. The van der Waals surface area contributed by atoms with Gasteiger partial charge in [-0.15, -0.1) is 0 Å². The van der Waals surface area contributed by atoms with Crippen molar-refractivity contribution < 1.29 is 0 Å². The molecule has 0 saturated heterocycles. The summed E-state index contributed by atoms with van der Waals surface area (Å²) in [6, 6.07) is 16.6. The van der Waals surface area contributed by atoms with E-state index in [0.717, 1.165) is 67.0 Å². The molecule has 1 aliphatic rings. The summed E-state index contributed by atoms with van der Waals surface area (Å²) in [5.41, 5.74) is 9.91. The number of nitrogens with zero attached hydrogens (tertiary/aromatic N) is 4. The van der Waals surface area contributed by atoms with Gasteiger partial charge in [-0.1, -0.05) is 12.6 Å². The van der Waals surface area contributed by atoms with Crippen LogP contribution >= 0.6 is 0 Å². The number of nitrogens with one attached hydrogen (secondary N) is 3. The molecular formula is C29H23N7. The SMILES string of the molecule is C=C(Nc1cncc(-c2ccc3[nH]nc(-c4cc5c(-c6ccncc6)ccnc5[nH]4)c3c2)c1)C1CC1. The highest BCUT2D eigenvalue weighted by atomic mass is 15.1. The first kappa shape index (κ1) is 20.6. The first-order valence-electron chi connectivity index (χ1n) is 12.0. The van der Waals surface area contributed by atoms with Crippen molar-refractivity contribution in [3.05, 3.63) is 91.8 Å². The zero-order valence-corrected chi connectivity index (χ0v) is 19.5. The van der Waals surface area contributed by atoms with Gasteiger partial charge >= 0.3 is 0 Å². The van der Waals surface area contributed by atoms with E-state index in [0.29, 0.717) is 5.92 Å². The molecule has 7 heteroatoms. The normalized spacial score (nSPS) is 13.3. The van der Waals surface area contributed by atoms with Crippen LogP contribution in [0, 0.1) is 5.92 Å². The maximum atomic E-state index is 4.65. The minimum absolute atomic E-state index is 0.586. The van der Waals surface area contributed by atoms with E-state index in [1.165, 1.54) is 12.8 Å². The third-order valence-corrected chi connectivity index (χ3v) is 6.79. The fourth-order valence-electron chi connectivity index (χ4n) is 4.72. The molecule has 1 saturated carbocycles. The second-order valence-electron chi connectivity index (χ2n) is 9.26. The van der Waals surface area contributed by atoms with Crippen LogP contribution in [-0.4, -0.2) is 30.1 Å². The summed E-state index contributed by atoms with van der Waals surface area (Å²) in [7, 11) is 0. The van der Waals surface area contributed by atoms with Gasteiger partial charge in [0.2, 0.25) is 0 Å². The van der Waals surface area contributed by atoms with Crippen molar-refractivity contribution in [2.75, 3.05) is 5.32 Å². The first-order valence-corrected chi connectivity index (χ1v) is 12.0. The fraction of sp³-hybridized carbons (Fsp3) is 0.103. The van der Waals surface area contributed by atoms with Gasteiger partial charge in [-0.25, -0.2) is 4.98 Å². The Morgan fingerprint density at radius 3 is 2.61 bits per heavy atom. The third-order valence-electron chi connectivity index (χ3n) is 6.79. The number of pyridine rings is 3. The average molecular weight is 470 g/mol. The quantitative estimate of drug-likeness (QED) is 0.257. The highest BCUT2D eigenvalue weighted by Gasteiger charge is 2.24. The standard InChI is InChI=1S/C29H23N7/c1-17(18-2-3-18)33-22-12-21(15-31-16-22)20-4-5-26-25(13-20)28(36-35-26)27-14-24-23(8-11-32-29(24)34-27)19-6-9-30-10-7-19/h4-16,18,33H,1-3H2,(H,32,34)(H,35,36). The topological polar surface area (TPSA) is 95.2 Å². The number of benzene rings is 1. The van der Waals surface area contributed by atoms with Crippen LogP contribution in [0.3, 0.4) is 0 Å². The van der Waals surface area contributed by atoms with Crippen molar-refractivity contribution >= 4 is 27.6 Å². The van der Waals surface area contributed by atoms with Crippen LogP contribution < -0.4 is 5.32 Å². The van der Waals surface area contributed by atoms with Gasteiger partial charge in [0.1, 0.15) is 11.3 Å². The molecule has 0 amide bonds. The van der Waals surface area contributed by atoms with Crippen molar-refractivity contribution in [3.8, 4) is 33.6 Å². The fourth-order valence-corrected chi connectivity index (χ4v) is 4.72. The summed E-state index contributed by atoms with van der Waals surface area (Å²) in [6.07, 6.45) is 11.6. The van der Waals surface area contributed by atoms with Crippen molar-refractivity contribution in [1.29, 1.82) is 0 Å². The number of aromatic nitrogens is 6. The van der Waals surface area contributed by atoms with Gasteiger partial charge in [-0.2, -0.15) is 5.10 Å². The molecule has 0 radical (unpaired) electrons. The van der Waals surface area contributed by atoms with E-state index in [2.05, 4.69) is 72.4 Å². The van der Waals surface area contributed by atoms with Crippen LogP contribution in [0.15, 0.2) is 91.8 Å². The van der Waals surface area contributed by atoms with E-state index in [-0.39, 0.29) is 0 Å². The second-order valence-corrected chi connectivity index (χ2v) is 9.26. The summed E-state index contributed by atoms with van der Waals surface area (Å²) in [5.74, 6) is 0.586. The van der Waals surface area contributed by atoms with Crippen molar-refractivity contribution in [3.63, 3.8) is 0 Å². The molecule has 0 bridgehead atoms. The molecular weight excluding hydrogens is 446 g/mol. The lowest BCUT2D eigenvalue weighted by Crippen LogP contribution is -2.00. The van der Waals surface area contributed by atoms with Gasteiger partial charge in [0, 0.05) is 46.8 Å². The van der Waals surface area contributed by atoms with Gasteiger partial charge in [-0.05, 0) is 77.9 Å². The van der Waals surface area contributed by atoms with Crippen LogP contribution in [0.1, 0.15) is 12.8 Å². The molecule has 7 rings (SSSR count). The average Bonchev–Trinajstić information content (AvgIpc) is 3.55. The summed E-state index contributed by atoms with van der Waals surface area (Å²) in [6.45, 7) is 4.17. The highest BCUT2D eigenvalue weighted by Crippen LogP contribution is 2.37. The molecule has 5 heterocycles. The molecule has 0 atom stereocenters. The van der Waals surface area contributed by atoms with Crippen LogP contribution in [0.4, 0.5) is 5.69 Å². The van der Waals surface area contributed by atoms with Gasteiger partial charge in [-0.3, -0.25) is 15.1 Å². The summed E-state index contributed by atoms with van der Waals surface area (Å²) in [4.78, 5) is 16.6. The smallest absolute Gasteiger partial charge is 0.138 e. The number of H-pyrrole nitrogens is 2. The Bertz CT molecular complexity index is 1740. The number of fused-ring (bicyclic) bond motifs is 2. The Kier molecular flexibility index (Phi) is 4.67. The van der Waals surface area contributed by atoms with Crippen molar-refractivity contribution in [2.24, 2.45) is 5.92 Å². The van der Waals surface area contributed by atoms with E-state index in [1.54, 1.807) is 12.4 Å². The van der Waals surface area contributed by atoms with Crippen LogP contribution in [0.25, 0.3) is 55.6 Å². The number of anilines is 1. The van der Waals surface area contributed by atoms with E-state index in [1.807, 2.05) is 36.8 Å². The van der Waals surface area contributed by atoms with E-state index >= 15 is 0 Å². The zero-order valence-electron chi connectivity index (χ0n) is 19.5. The molecule has 3 N–H and O–H groups in total. The lowest BCUT2D eigenvalue weighted by Gasteiger charge is -2.10. The molecule has 0 aliphatic heterocycles.